The number of anilines is 1. The zero-order valence-corrected chi connectivity index (χ0v) is 12.7. The van der Waals surface area contributed by atoms with Crippen LogP contribution in [0, 0.1) is 5.82 Å². The van der Waals surface area contributed by atoms with Gasteiger partial charge in [-0.1, -0.05) is 17.8 Å². The maximum absolute atomic E-state index is 14.3. The Bertz CT molecular complexity index is 655. The number of ether oxygens (including phenoxy) is 2. The van der Waals surface area contributed by atoms with Gasteiger partial charge < -0.3 is 9.47 Å². The average Bonchev–Trinajstić information content (AvgIpc) is 2.55. The molecule has 8 heteroatoms. The summed E-state index contributed by atoms with van der Waals surface area (Å²) in [4.78, 5) is 15.4. The topological polar surface area (TPSA) is 72.5 Å². The Morgan fingerprint density at radius 1 is 1.32 bits per heavy atom. The number of amides is 1. The number of benzene rings is 1. The van der Waals surface area contributed by atoms with Gasteiger partial charge in [-0.15, -0.1) is 0 Å². The van der Waals surface area contributed by atoms with Crippen molar-refractivity contribution in [2.24, 2.45) is 0 Å². The third-order valence-electron chi connectivity index (χ3n) is 2.57. The Balaban J connectivity index is 2.22. The van der Waals surface area contributed by atoms with Gasteiger partial charge in [-0.3, -0.25) is 5.43 Å². The lowest BCUT2D eigenvalue weighted by molar-refractivity contribution is 0.173. The van der Waals surface area contributed by atoms with Crippen molar-refractivity contribution in [1.82, 2.24) is 10.4 Å². The number of hydrazine groups is 1. The largest absolute Gasteiger partial charge is 0.495 e. The molecule has 2 N–H and O–H groups in total. The molecule has 0 atom stereocenters. The first-order valence-corrected chi connectivity index (χ1v) is 7.02. The summed E-state index contributed by atoms with van der Waals surface area (Å²) in [6, 6.07) is 8.17. The number of carbonyl (C=O) groups is 1. The molecule has 1 aromatic carbocycles. The average molecular weight is 323 g/mol. The Labute approximate surface area is 131 Å². The van der Waals surface area contributed by atoms with Crippen LogP contribution in [0.4, 0.5) is 14.9 Å². The number of nitrogens with zero attached hydrogens (tertiary/aromatic N) is 1. The van der Waals surface area contributed by atoms with E-state index in [1.807, 2.05) is 6.07 Å². The number of pyridine rings is 1. The standard InChI is InChI=1S/C14H14FN3O3S/c1-20-11-8-9(17-18-14(19)21-2)7-10(15)13(11)22-12-5-3-4-6-16-12/h3-8,17H,1-2H3,(H,18,19). The normalized spacial score (nSPS) is 9.95. The van der Waals surface area contributed by atoms with Crippen LogP contribution in [0.3, 0.4) is 0 Å². The number of rotatable bonds is 5. The van der Waals surface area contributed by atoms with Crippen molar-refractivity contribution in [2.45, 2.75) is 9.92 Å². The van der Waals surface area contributed by atoms with Crippen LogP contribution in [0.25, 0.3) is 0 Å². The fourth-order valence-electron chi connectivity index (χ4n) is 1.58. The fourth-order valence-corrected chi connectivity index (χ4v) is 2.45. The van der Waals surface area contributed by atoms with Crippen LogP contribution in [0.5, 0.6) is 5.75 Å². The van der Waals surface area contributed by atoms with Crippen LogP contribution in [0.15, 0.2) is 46.5 Å². The molecular formula is C14H14FN3O3S. The van der Waals surface area contributed by atoms with Crippen LogP contribution >= 0.6 is 11.8 Å². The second-order valence-electron chi connectivity index (χ2n) is 4.00. The van der Waals surface area contributed by atoms with E-state index in [0.717, 1.165) is 11.8 Å². The van der Waals surface area contributed by atoms with Crippen LogP contribution in [-0.4, -0.2) is 25.3 Å². The van der Waals surface area contributed by atoms with E-state index < -0.39 is 11.9 Å². The van der Waals surface area contributed by atoms with Gasteiger partial charge in [0.15, 0.2) is 0 Å². The number of aromatic nitrogens is 1. The molecular weight excluding hydrogens is 309 g/mol. The van der Waals surface area contributed by atoms with Gasteiger partial charge in [0.1, 0.15) is 16.6 Å². The third kappa shape index (κ3) is 4.01. The second-order valence-corrected chi connectivity index (χ2v) is 5.03. The lowest BCUT2D eigenvalue weighted by Gasteiger charge is -2.13. The first-order valence-electron chi connectivity index (χ1n) is 6.20. The molecule has 0 saturated carbocycles. The summed E-state index contributed by atoms with van der Waals surface area (Å²) in [7, 11) is 2.67. The second kappa shape index (κ2) is 7.51. The molecule has 2 rings (SSSR count). The van der Waals surface area contributed by atoms with Crippen molar-refractivity contribution in [3.05, 3.63) is 42.3 Å². The number of nitrogens with one attached hydrogen (secondary N) is 2. The molecule has 0 radical (unpaired) electrons. The highest BCUT2D eigenvalue weighted by molar-refractivity contribution is 7.99. The highest BCUT2D eigenvalue weighted by Gasteiger charge is 2.14. The molecule has 0 aliphatic carbocycles. The predicted octanol–water partition coefficient (Wildman–Crippen LogP) is 3.06. The molecule has 0 aliphatic rings. The zero-order chi connectivity index (χ0) is 15.9. The maximum atomic E-state index is 14.3. The summed E-state index contributed by atoms with van der Waals surface area (Å²) < 4.78 is 23.9. The van der Waals surface area contributed by atoms with E-state index in [1.54, 1.807) is 24.4 Å². The van der Waals surface area contributed by atoms with E-state index in [-0.39, 0.29) is 0 Å². The van der Waals surface area contributed by atoms with E-state index in [9.17, 15) is 9.18 Å². The molecule has 22 heavy (non-hydrogen) atoms. The van der Waals surface area contributed by atoms with E-state index in [2.05, 4.69) is 20.6 Å². The Morgan fingerprint density at radius 3 is 2.77 bits per heavy atom. The molecule has 1 amide bonds. The fraction of sp³-hybridized carbons (Fsp3) is 0.143. The Kier molecular flexibility index (Phi) is 5.42. The van der Waals surface area contributed by atoms with Crippen molar-refractivity contribution in [3.63, 3.8) is 0 Å². The summed E-state index contributed by atoms with van der Waals surface area (Å²) in [5, 5.41) is 0.646. The molecule has 0 saturated heterocycles. The van der Waals surface area contributed by atoms with Gasteiger partial charge in [-0.2, -0.15) is 0 Å². The number of carbonyl (C=O) groups excluding carboxylic acids is 1. The predicted molar refractivity (Wildman–Crippen MR) is 80.5 cm³/mol. The molecule has 1 aromatic heterocycles. The molecule has 0 spiro atoms. The SMILES string of the molecule is COC(=O)NNc1cc(F)c(Sc2ccccn2)c(OC)c1. The summed E-state index contributed by atoms with van der Waals surface area (Å²) in [6.07, 6.45) is 0.939. The molecule has 0 fully saturated rings. The van der Waals surface area contributed by atoms with Crippen LogP contribution in [0.2, 0.25) is 0 Å². The quantitative estimate of drug-likeness (QED) is 0.824. The molecule has 0 unspecified atom stereocenters. The Hall–Kier alpha value is -2.48. The van der Waals surface area contributed by atoms with Gasteiger partial charge in [0.05, 0.1) is 24.8 Å². The lowest BCUT2D eigenvalue weighted by atomic mass is 10.3. The summed E-state index contributed by atoms with van der Waals surface area (Å²) in [5.41, 5.74) is 5.10. The number of halogens is 1. The van der Waals surface area contributed by atoms with Crippen molar-refractivity contribution in [1.29, 1.82) is 0 Å². The highest BCUT2D eigenvalue weighted by atomic mass is 32.2. The lowest BCUT2D eigenvalue weighted by Crippen LogP contribution is -2.29. The number of methoxy groups -OCH3 is 2. The van der Waals surface area contributed by atoms with E-state index in [4.69, 9.17) is 4.74 Å². The van der Waals surface area contributed by atoms with Gasteiger partial charge in [0, 0.05) is 18.3 Å². The van der Waals surface area contributed by atoms with Crippen molar-refractivity contribution >= 4 is 23.5 Å². The van der Waals surface area contributed by atoms with Crippen LogP contribution in [0.1, 0.15) is 0 Å². The molecule has 0 bridgehead atoms. The van der Waals surface area contributed by atoms with Crippen molar-refractivity contribution in [3.8, 4) is 5.75 Å². The minimum absolute atomic E-state index is 0.310. The molecule has 2 aromatic rings. The smallest absolute Gasteiger partial charge is 0.425 e. The highest BCUT2D eigenvalue weighted by Crippen LogP contribution is 2.37. The van der Waals surface area contributed by atoms with Gasteiger partial charge in [-0.05, 0) is 12.1 Å². The molecule has 6 nitrogen and oxygen atoms in total. The van der Waals surface area contributed by atoms with Gasteiger partial charge in [0.25, 0.3) is 0 Å². The first-order chi connectivity index (χ1) is 10.6. The van der Waals surface area contributed by atoms with Crippen LogP contribution in [-0.2, 0) is 4.74 Å². The summed E-state index contributed by atoms with van der Waals surface area (Å²) in [5.74, 6) is -0.172. The zero-order valence-electron chi connectivity index (χ0n) is 11.9. The van der Waals surface area contributed by atoms with Crippen molar-refractivity contribution in [2.75, 3.05) is 19.6 Å². The maximum Gasteiger partial charge on any atom is 0.425 e. The van der Waals surface area contributed by atoms with E-state index >= 15 is 0 Å². The van der Waals surface area contributed by atoms with Crippen molar-refractivity contribution < 1.29 is 18.7 Å². The van der Waals surface area contributed by atoms with Gasteiger partial charge >= 0.3 is 6.09 Å². The molecule has 1 heterocycles. The Morgan fingerprint density at radius 2 is 2.14 bits per heavy atom. The molecule has 116 valence electrons. The minimum atomic E-state index is -0.689. The van der Waals surface area contributed by atoms with E-state index in [0.29, 0.717) is 21.4 Å². The molecule has 0 aliphatic heterocycles. The number of hydrogen-bond acceptors (Lipinski definition) is 6. The number of hydrogen-bond donors (Lipinski definition) is 2. The first kappa shape index (κ1) is 15.9. The monoisotopic (exact) mass is 323 g/mol. The minimum Gasteiger partial charge on any atom is -0.495 e. The van der Waals surface area contributed by atoms with Gasteiger partial charge in [-0.25, -0.2) is 19.6 Å². The van der Waals surface area contributed by atoms with E-state index in [1.165, 1.54) is 20.3 Å². The van der Waals surface area contributed by atoms with Crippen LogP contribution < -0.4 is 15.6 Å². The summed E-state index contributed by atoms with van der Waals surface area (Å²) in [6.45, 7) is 0. The van der Waals surface area contributed by atoms with Gasteiger partial charge in [0.2, 0.25) is 0 Å². The third-order valence-corrected chi connectivity index (χ3v) is 3.62. The summed E-state index contributed by atoms with van der Waals surface area (Å²) >= 11 is 1.15.